The summed E-state index contributed by atoms with van der Waals surface area (Å²) in [5, 5.41) is 9.11. The largest absolute Gasteiger partial charge is 0.506 e. The van der Waals surface area contributed by atoms with E-state index in [-0.39, 0.29) is 6.07 Å². The van der Waals surface area contributed by atoms with Crippen LogP contribution >= 0.6 is 0 Å². The van der Waals surface area contributed by atoms with Crippen LogP contribution in [0.25, 0.3) is 0 Å². The zero-order valence-corrected chi connectivity index (χ0v) is 9.19. The molecule has 0 fully saturated rings. The fourth-order valence-electron chi connectivity index (χ4n) is 0.992. The van der Waals surface area contributed by atoms with E-state index in [1.54, 1.807) is 0 Å². The predicted octanol–water partition coefficient (Wildman–Crippen LogP) is 2.38. The molecule has 1 aromatic carbocycles. The van der Waals surface area contributed by atoms with Crippen LogP contribution in [0.3, 0.4) is 0 Å². The number of nitrogens with one attached hydrogen (secondary N) is 1. The summed E-state index contributed by atoms with van der Waals surface area (Å²) in [6, 6.07) is 1.25. The molecule has 1 aromatic rings. The van der Waals surface area contributed by atoms with Gasteiger partial charge < -0.3 is 5.11 Å². The van der Waals surface area contributed by atoms with E-state index < -0.39 is 39.0 Å². The van der Waals surface area contributed by atoms with Gasteiger partial charge in [0.2, 0.25) is 0 Å². The quantitative estimate of drug-likeness (QED) is 0.663. The molecule has 102 valence electrons. The second-order valence-electron chi connectivity index (χ2n) is 3.14. The summed E-state index contributed by atoms with van der Waals surface area (Å²) in [4.78, 5) is 0. The minimum atomic E-state index is -5.15. The zero-order valence-electron chi connectivity index (χ0n) is 8.37. The van der Waals surface area contributed by atoms with Crippen LogP contribution in [0.2, 0.25) is 0 Å². The van der Waals surface area contributed by atoms with Crippen LogP contribution in [-0.4, -0.2) is 19.3 Å². The average Bonchev–Trinajstić information content (AvgIpc) is 2.19. The Balaban J connectivity index is 3.18. The van der Waals surface area contributed by atoms with Crippen molar-refractivity contribution < 1.29 is 35.5 Å². The molecule has 0 radical (unpaired) electrons. The lowest BCUT2D eigenvalue weighted by molar-refractivity contribution is -0.137. The number of phenolic OH excluding ortho intramolecular Hbond substituents is 1. The second-order valence-corrected chi connectivity index (χ2v) is 4.79. The van der Waals surface area contributed by atoms with Gasteiger partial charge in [0.15, 0.2) is 0 Å². The SMILES string of the molecule is O=S(=O)(Nc1cc(C(F)(F)F)ccc1O)C(F)F. The maximum absolute atomic E-state index is 12.3. The van der Waals surface area contributed by atoms with Crippen LogP contribution in [0, 0.1) is 0 Å². The maximum Gasteiger partial charge on any atom is 0.416 e. The van der Waals surface area contributed by atoms with Gasteiger partial charge in [-0.15, -0.1) is 0 Å². The Morgan fingerprint density at radius 1 is 1.22 bits per heavy atom. The number of alkyl halides is 5. The molecule has 0 unspecified atom stereocenters. The van der Waals surface area contributed by atoms with Gasteiger partial charge in [-0.1, -0.05) is 0 Å². The fourth-order valence-corrected chi connectivity index (χ4v) is 1.55. The van der Waals surface area contributed by atoms with E-state index in [0.29, 0.717) is 12.1 Å². The number of hydrogen-bond acceptors (Lipinski definition) is 3. The Kier molecular flexibility index (Phi) is 3.70. The molecule has 0 heterocycles. The number of rotatable bonds is 3. The number of sulfonamides is 1. The van der Waals surface area contributed by atoms with Crippen LogP contribution in [0.5, 0.6) is 5.75 Å². The standard InChI is InChI=1S/C8H6F5NO3S/c9-7(10)18(16,17)14-5-3-4(8(11,12)13)1-2-6(5)15/h1-3,7,14-15H. The van der Waals surface area contributed by atoms with E-state index in [1.165, 1.54) is 4.72 Å². The number of phenols is 1. The average molecular weight is 291 g/mol. The molecule has 0 aliphatic heterocycles. The van der Waals surface area contributed by atoms with Crippen molar-refractivity contribution in [3.63, 3.8) is 0 Å². The van der Waals surface area contributed by atoms with Gasteiger partial charge in [0.25, 0.3) is 10.0 Å². The molecule has 0 aliphatic rings. The van der Waals surface area contributed by atoms with Crippen molar-refractivity contribution in [1.29, 1.82) is 0 Å². The molecule has 18 heavy (non-hydrogen) atoms. The first-order valence-electron chi connectivity index (χ1n) is 4.24. The molecule has 0 atom stereocenters. The summed E-state index contributed by atoms with van der Waals surface area (Å²) in [7, 11) is -5.15. The Hall–Kier alpha value is -1.58. The second kappa shape index (κ2) is 4.59. The Morgan fingerprint density at radius 2 is 1.78 bits per heavy atom. The summed E-state index contributed by atoms with van der Waals surface area (Å²) in [5.41, 5.74) is -2.25. The van der Waals surface area contributed by atoms with Crippen molar-refractivity contribution in [2.75, 3.05) is 4.72 Å². The molecule has 0 bridgehead atoms. The minimum absolute atomic E-state index is 0.218. The van der Waals surface area contributed by atoms with Crippen molar-refractivity contribution in [2.24, 2.45) is 0 Å². The van der Waals surface area contributed by atoms with Gasteiger partial charge in [-0.3, -0.25) is 4.72 Å². The molecule has 2 N–H and O–H groups in total. The highest BCUT2D eigenvalue weighted by Gasteiger charge is 2.32. The van der Waals surface area contributed by atoms with Gasteiger partial charge >= 0.3 is 11.9 Å². The first-order valence-corrected chi connectivity index (χ1v) is 5.78. The first-order chi connectivity index (χ1) is 8.04. The fraction of sp³-hybridized carbons (Fsp3) is 0.250. The van der Waals surface area contributed by atoms with Crippen LogP contribution < -0.4 is 4.72 Å². The topological polar surface area (TPSA) is 66.4 Å². The summed E-state index contributed by atoms with van der Waals surface area (Å²) in [6.07, 6.45) is -4.79. The molecule has 0 saturated carbocycles. The summed E-state index contributed by atoms with van der Waals surface area (Å²) >= 11 is 0. The van der Waals surface area contributed by atoms with Crippen molar-refractivity contribution >= 4 is 15.7 Å². The van der Waals surface area contributed by atoms with E-state index in [0.717, 1.165) is 0 Å². The van der Waals surface area contributed by atoms with Crippen LogP contribution in [0.1, 0.15) is 5.56 Å². The monoisotopic (exact) mass is 291 g/mol. The normalized spacial score (nSPS) is 12.8. The zero-order chi connectivity index (χ0) is 14.1. The van der Waals surface area contributed by atoms with Crippen molar-refractivity contribution in [3.8, 4) is 5.75 Å². The van der Waals surface area contributed by atoms with Gasteiger partial charge in [0.1, 0.15) is 5.75 Å². The van der Waals surface area contributed by atoms with Crippen LogP contribution in [-0.2, 0) is 16.2 Å². The third kappa shape index (κ3) is 3.22. The highest BCUT2D eigenvalue weighted by molar-refractivity contribution is 7.93. The van der Waals surface area contributed by atoms with E-state index in [2.05, 4.69) is 0 Å². The van der Waals surface area contributed by atoms with E-state index in [1.807, 2.05) is 0 Å². The van der Waals surface area contributed by atoms with Gasteiger partial charge in [-0.25, -0.2) is 8.42 Å². The van der Waals surface area contributed by atoms with E-state index >= 15 is 0 Å². The maximum atomic E-state index is 12.3. The predicted molar refractivity (Wildman–Crippen MR) is 51.7 cm³/mol. The molecule has 0 saturated heterocycles. The third-order valence-electron chi connectivity index (χ3n) is 1.81. The van der Waals surface area contributed by atoms with Crippen LogP contribution in [0.15, 0.2) is 18.2 Å². The number of aromatic hydroxyl groups is 1. The van der Waals surface area contributed by atoms with Gasteiger partial charge in [-0.2, -0.15) is 22.0 Å². The number of anilines is 1. The Morgan fingerprint density at radius 3 is 2.22 bits per heavy atom. The van der Waals surface area contributed by atoms with Gasteiger partial charge in [0.05, 0.1) is 11.3 Å². The number of halogens is 5. The Bertz CT molecular complexity index is 540. The summed E-state index contributed by atoms with van der Waals surface area (Å²) < 4.78 is 83.6. The molecule has 1 rings (SSSR count). The van der Waals surface area contributed by atoms with Crippen molar-refractivity contribution in [1.82, 2.24) is 0 Å². The Labute approximate surface area is 98.1 Å². The van der Waals surface area contributed by atoms with Crippen molar-refractivity contribution in [2.45, 2.75) is 11.9 Å². The van der Waals surface area contributed by atoms with Gasteiger partial charge in [-0.05, 0) is 18.2 Å². The molecule has 4 nitrogen and oxygen atoms in total. The third-order valence-corrected chi connectivity index (χ3v) is 2.78. The molecule has 0 aromatic heterocycles. The molecular weight excluding hydrogens is 285 g/mol. The lowest BCUT2D eigenvalue weighted by Gasteiger charge is -2.12. The number of hydrogen-bond donors (Lipinski definition) is 2. The minimum Gasteiger partial charge on any atom is -0.506 e. The van der Waals surface area contributed by atoms with Gasteiger partial charge in [0, 0.05) is 0 Å². The summed E-state index contributed by atoms with van der Waals surface area (Å²) in [5.74, 6) is -4.72. The first kappa shape index (κ1) is 14.5. The van der Waals surface area contributed by atoms with Crippen molar-refractivity contribution in [3.05, 3.63) is 23.8 Å². The summed E-state index contributed by atoms with van der Waals surface area (Å²) in [6.45, 7) is 0. The lowest BCUT2D eigenvalue weighted by Crippen LogP contribution is -2.21. The molecular formula is C8H6F5NO3S. The number of benzene rings is 1. The molecule has 0 spiro atoms. The van der Waals surface area contributed by atoms with E-state index in [4.69, 9.17) is 5.11 Å². The molecule has 0 amide bonds. The highest BCUT2D eigenvalue weighted by Crippen LogP contribution is 2.35. The van der Waals surface area contributed by atoms with E-state index in [9.17, 15) is 30.4 Å². The highest BCUT2D eigenvalue weighted by atomic mass is 32.2. The lowest BCUT2D eigenvalue weighted by atomic mass is 10.2. The van der Waals surface area contributed by atoms with Crippen LogP contribution in [0.4, 0.5) is 27.6 Å². The molecule has 0 aliphatic carbocycles. The smallest absolute Gasteiger partial charge is 0.416 e. The molecule has 10 heteroatoms.